The Hall–Kier alpha value is -2.74. The lowest BCUT2D eigenvalue weighted by molar-refractivity contribution is -0.120. The van der Waals surface area contributed by atoms with Crippen molar-refractivity contribution in [1.82, 2.24) is 9.55 Å². The first kappa shape index (κ1) is 22.5. The number of carbonyl (C=O) groups excluding carboxylic acids is 1. The van der Waals surface area contributed by atoms with Gasteiger partial charge in [-0.05, 0) is 30.5 Å². The van der Waals surface area contributed by atoms with Crippen molar-refractivity contribution < 1.29 is 9.53 Å². The molecule has 29 heavy (non-hydrogen) atoms. The first-order valence-electron chi connectivity index (χ1n) is 9.55. The zero-order valence-corrected chi connectivity index (χ0v) is 17.7. The van der Waals surface area contributed by atoms with Crippen molar-refractivity contribution >= 4 is 29.0 Å². The first-order valence-corrected chi connectivity index (χ1v) is 9.93. The molecule has 2 rings (SSSR count). The fourth-order valence-corrected chi connectivity index (χ4v) is 3.02. The molecule has 0 unspecified atom stereocenters. The number of nitrogens with one attached hydrogen (secondary N) is 1. The highest BCUT2D eigenvalue weighted by Gasteiger charge is 2.24. The highest BCUT2D eigenvalue weighted by Crippen LogP contribution is 2.20. The lowest BCUT2D eigenvalue weighted by atomic mass is 10.2. The number of aromatic amines is 1. The number of carbonyl (C=O) groups is 1. The highest BCUT2D eigenvalue weighted by molar-refractivity contribution is 6.30. The molecule has 1 amide bonds. The Labute approximate surface area is 174 Å². The van der Waals surface area contributed by atoms with Crippen molar-refractivity contribution in [3.05, 3.63) is 50.1 Å². The molecule has 158 valence electrons. The molecule has 0 aliphatic heterocycles. The van der Waals surface area contributed by atoms with Gasteiger partial charge >= 0.3 is 5.69 Å². The third-order valence-electron chi connectivity index (χ3n) is 4.23. The van der Waals surface area contributed by atoms with Gasteiger partial charge in [0.05, 0.1) is 0 Å². The Bertz CT molecular complexity index is 968. The maximum absolute atomic E-state index is 12.9. The summed E-state index contributed by atoms with van der Waals surface area (Å²) in [7, 11) is 0. The molecule has 0 atom stereocenters. The summed E-state index contributed by atoms with van der Waals surface area (Å²) in [6, 6.07) is 6.68. The minimum atomic E-state index is -0.695. The fourth-order valence-electron chi connectivity index (χ4n) is 2.84. The molecular formula is C20H27ClN4O4. The third kappa shape index (κ3) is 5.87. The molecule has 0 saturated heterocycles. The number of unbranched alkanes of at least 4 members (excludes halogenated alkanes) is 1. The number of hydrogen-bond donors (Lipinski definition) is 2. The first-order chi connectivity index (χ1) is 13.7. The van der Waals surface area contributed by atoms with Gasteiger partial charge in [-0.15, -0.1) is 0 Å². The van der Waals surface area contributed by atoms with Gasteiger partial charge in [-0.1, -0.05) is 44.9 Å². The molecule has 8 nitrogen and oxygen atoms in total. The summed E-state index contributed by atoms with van der Waals surface area (Å²) in [5.74, 6) is 0.0951. The highest BCUT2D eigenvalue weighted by atomic mass is 35.5. The third-order valence-corrected chi connectivity index (χ3v) is 4.46. The molecule has 1 aromatic heterocycles. The van der Waals surface area contributed by atoms with Crippen LogP contribution in [0.25, 0.3) is 0 Å². The van der Waals surface area contributed by atoms with Gasteiger partial charge in [0.2, 0.25) is 0 Å². The standard InChI is InChI=1S/C20H27ClN4O4/c1-4-5-9-24(16(26)12-29-15-8-6-7-14(21)10-15)17-18(22)25(11-13(2)3)20(28)23-19(17)27/h6-8,10,13H,4-5,9,11-12,22H2,1-3H3,(H,23,27,28). The molecule has 2 aromatic rings. The Balaban J connectivity index is 2.37. The average molecular weight is 423 g/mol. The van der Waals surface area contributed by atoms with Gasteiger partial charge in [0.25, 0.3) is 11.5 Å². The van der Waals surface area contributed by atoms with Crippen LogP contribution in [0.3, 0.4) is 0 Å². The van der Waals surface area contributed by atoms with E-state index < -0.39 is 17.2 Å². The lowest BCUT2D eigenvalue weighted by Gasteiger charge is -2.25. The lowest BCUT2D eigenvalue weighted by Crippen LogP contribution is -2.43. The van der Waals surface area contributed by atoms with E-state index in [4.69, 9.17) is 22.1 Å². The number of anilines is 2. The zero-order valence-electron chi connectivity index (χ0n) is 16.9. The molecule has 0 spiro atoms. The van der Waals surface area contributed by atoms with Gasteiger partial charge in [-0.25, -0.2) is 4.79 Å². The maximum atomic E-state index is 12.9. The number of H-pyrrole nitrogens is 1. The summed E-state index contributed by atoms with van der Waals surface area (Å²) in [5, 5.41) is 0.485. The van der Waals surface area contributed by atoms with E-state index in [1.54, 1.807) is 24.3 Å². The number of hydrogen-bond acceptors (Lipinski definition) is 5. The predicted molar refractivity (Wildman–Crippen MR) is 115 cm³/mol. The van der Waals surface area contributed by atoms with Gasteiger partial charge in [0.15, 0.2) is 12.3 Å². The summed E-state index contributed by atoms with van der Waals surface area (Å²) < 4.78 is 6.82. The largest absolute Gasteiger partial charge is 0.484 e. The topological polar surface area (TPSA) is 110 Å². The minimum Gasteiger partial charge on any atom is -0.484 e. The van der Waals surface area contributed by atoms with E-state index in [0.717, 1.165) is 6.42 Å². The van der Waals surface area contributed by atoms with Crippen molar-refractivity contribution in [3.8, 4) is 5.75 Å². The molecular weight excluding hydrogens is 396 g/mol. The van der Waals surface area contributed by atoms with Gasteiger partial charge in [-0.3, -0.25) is 19.1 Å². The van der Waals surface area contributed by atoms with Crippen molar-refractivity contribution in [2.45, 2.75) is 40.2 Å². The molecule has 1 heterocycles. The van der Waals surface area contributed by atoms with E-state index in [0.29, 0.717) is 23.7 Å². The summed E-state index contributed by atoms with van der Waals surface area (Å²) in [5.41, 5.74) is 4.84. The fraction of sp³-hybridized carbons (Fsp3) is 0.450. The van der Waals surface area contributed by atoms with Crippen LogP contribution in [0.15, 0.2) is 33.9 Å². The number of nitrogens with zero attached hydrogens (tertiary/aromatic N) is 2. The number of benzene rings is 1. The van der Waals surface area contributed by atoms with E-state index >= 15 is 0 Å². The molecule has 0 fully saturated rings. The summed E-state index contributed by atoms with van der Waals surface area (Å²) in [6.07, 6.45) is 1.47. The molecule has 9 heteroatoms. The molecule has 3 N–H and O–H groups in total. The molecule has 1 aromatic carbocycles. The Morgan fingerprint density at radius 2 is 2.07 bits per heavy atom. The van der Waals surface area contributed by atoms with Gasteiger partial charge in [0, 0.05) is 18.1 Å². The molecule has 0 radical (unpaired) electrons. The van der Waals surface area contributed by atoms with Crippen LogP contribution in [0.4, 0.5) is 11.5 Å². The van der Waals surface area contributed by atoms with Crippen LogP contribution in [0.1, 0.15) is 33.6 Å². The van der Waals surface area contributed by atoms with Crippen LogP contribution in [-0.4, -0.2) is 28.6 Å². The summed E-state index contributed by atoms with van der Waals surface area (Å²) in [6.45, 7) is 6.13. The zero-order chi connectivity index (χ0) is 21.6. The van der Waals surface area contributed by atoms with E-state index in [1.807, 2.05) is 20.8 Å². The van der Waals surface area contributed by atoms with E-state index in [1.165, 1.54) is 9.47 Å². The number of halogens is 1. The Kier molecular flexibility index (Phi) is 7.90. The molecule has 0 aliphatic carbocycles. The SMILES string of the molecule is CCCCN(C(=O)COc1cccc(Cl)c1)c1c(N)n(CC(C)C)c(=O)[nH]c1=O. The second-order valence-corrected chi connectivity index (χ2v) is 7.58. The number of aromatic nitrogens is 2. The number of rotatable bonds is 9. The number of ether oxygens (including phenoxy) is 1. The van der Waals surface area contributed by atoms with Crippen molar-refractivity contribution in [3.63, 3.8) is 0 Å². The van der Waals surface area contributed by atoms with Crippen LogP contribution < -0.4 is 26.6 Å². The van der Waals surface area contributed by atoms with Gasteiger partial charge < -0.3 is 15.4 Å². The molecule has 0 saturated carbocycles. The van der Waals surface area contributed by atoms with Crippen LogP contribution in [0.2, 0.25) is 5.02 Å². The number of nitrogen functional groups attached to an aromatic ring is 1. The van der Waals surface area contributed by atoms with Gasteiger partial charge in [0.1, 0.15) is 11.6 Å². The number of nitrogens with two attached hydrogens (primary N) is 1. The van der Waals surface area contributed by atoms with Crippen LogP contribution in [0.5, 0.6) is 5.75 Å². The molecule has 0 aliphatic rings. The van der Waals surface area contributed by atoms with Crippen LogP contribution in [0, 0.1) is 5.92 Å². The van der Waals surface area contributed by atoms with Crippen LogP contribution >= 0.6 is 11.6 Å². The smallest absolute Gasteiger partial charge is 0.330 e. The number of amides is 1. The monoisotopic (exact) mass is 422 g/mol. The van der Waals surface area contributed by atoms with Crippen molar-refractivity contribution in [2.24, 2.45) is 5.92 Å². The summed E-state index contributed by atoms with van der Waals surface area (Å²) >= 11 is 5.93. The second-order valence-electron chi connectivity index (χ2n) is 7.14. The second kappa shape index (κ2) is 10.2. The maximum Gasteiger partial charge on any atom is 0.330 e. The predicted octanol–water partition coefficient (Wildman–Crippen LogP) is 2.64. The Morgan fingerprint density at radius 3 is 2.69 bits per heavy atom. The Morgan fingerprint density at radius 1 is 1.34 bits per heavy atom. The average Bonchev–Trinajstić information content (AvgIpc) is 2.65. The van der Waals surface area contributed by atoms with E-state index in [2.05, 4.69) is 4.98 Å². The van der Waals surface area contributed by atoms with E-state index in [9.17, 15) is 14.4 Å². The molecule has 0 bridgehead atoms. The van der Waals surface area contributed by atoms with E-state index in [-0.39, 0.29) is 30.6 Å². The minimum absolute atomic E-state index is 0.0281. The van der Waals surface area contributed by atoms with Gasteiger partial charge in [-0.2, -0.15) is 0 Å². The van der Waals surface area contributed by atoms with Crippen molar-refractivity contribution in [2.75, 3.05) is 23.8 Å². The quantitative estimate of drug-likeness (QED) is 0.645. The van der Waals surface area contributed by atoms with Crippen molar-refractivity contribution in [1.29, 1.82) is 0 Å². The van der Waals surface area contributed by atoms with Crippen LogP contribution in [-0.2, 0) is 11.3 Å². The normalized spacial score (nSPS) is 10.9. The summed E-state index contributed by atoms with van der Waals surface area (Å²) in [4.78, 5) is 41.2.